The van der Waals surface area contributed by atoms with Crippen molar-refractivity contribution in [2.75, 3.05) is 19.3 Å². The smallest absolute Gasteiger partial charge is 0.257 e. The van der Waals surface area contributed by atoms with Crippen molar-refractivity contribution >= 4 is 11.7 Å². The lowest BCUT2D eigenvalue weighted by Gasteiger charge is -2.17. The first-order valence-electron chi connectivity index (χ1n) is 5.22. The van der Waals surface area contributed by atoms with Crippen LogP contribution in [0.4, 0.5) is 10.2 Å². The van der Waals surface area contributed by atoms with Crippen molar-refractivity contribution in [3.63, 3.8) is 0 Å². The third-order valence-corrected chi connectivity index (χ3v) is 2.31. The Morgan fingerprint density at radius 3 is 2.94 bits per heavy atom. The molecule has 1 aromatic rings. The molecule has 1 rings (SSSR count). The van der Waals surface area contributed by atoms with E-state index >= 15 is 0 Å². The average Bonchev–Trinajstić information content (AvgIpc) is 2.28. The Bertz CT molecular complexity index is 381. The summed E-state index contributed by atoms with van der Waals surface area (Å²) in [6.07, 6.45) is 2.90. The van der Waals surface area contributed by atoms with Gasteiger partial charge in [-0.05, 0) is 12.5 Å². The van der Waals surface area contributed by atoms with Crippen LogP contribution >= 0.6 is 0 Å². The Balaban J connectivity index is 2.83. The van der Waals surface area contributed by atoms with Crippen molar-refractivity contribution in [2.45, 2.75) is 19.8 Å². The van der Waals surface area contributed by atoms with E-state index < -0.39 is 5.82 Å². The highest BCUT2D eigenvalue weighted by Crippen LogP contribution is 2.12. The number of hydrogen-bond donors (Lipinski definition) is 1. The lowest BCUT2D eigenvalue weighted by Crippen LogP contribution is -2.28. The van der Waals surface area contributed by atoms with Gasteiger partial charge in [-0.2, -0.15) is 0 Å². The van der Waals surface area contributed by atoms with Crippen molar-refractivity contribution in [1.29, 1.82) is 0 Å². The zero-order valence-corrected chi connectivity index (χ0v) is 9.53. The van der Waals surface area contributed by atoms with E-state index in [-0.39, 0.29) is 17.3 Å². The number of anilines is 1. The molecule has 16 heavy (non-hydrogen) atoms. The van der Waals surface area contributed by atoms with Gasteiger partial charge in [0.05, 0.1) is 11.8 Å². The number of carbonyl (C=O) groups excluding carboxylic acids is 1. The Morgan fingerprint density at radius 1 is 1.62 bits per heavy atom. The highest BCUT2D eigenvalue weighted by molar-refractivity contribution is 5.98. The van der Waals surface area contributed by atoms with Crippen LogP contribution in [0.3, 0.4) is 0 Å². The van der Waals surface area contributed by atoms with Gasteiger partial charge < -0.3 is 10.6 Å². The first-order chi connectivity index (χ1) is 7.56. The van der Waals surface area contributed by atoms with Crippen molar-refractivity contribution < 1.29 is 9.18 Å². The first kappa shape index (κ1) is 12.4. The number of hydrogen-bond acceptors (Lipinski definition) is 3. The van der Waals surface area contributed by atoms with Crippen molar-refractivity contribution in [1.82, 2.24) is 9.88 Å². The SMILES string of the molecule is CCCCN(C)C(=O)c1cc(F)cnc1N. The van der Waals surface area contributed by atoms with Crippen LogP contribution < -0.4 is 5.73 Å². The predicted molar refractivity (Wildman–Crippen MR) is 60.5 cm³/mol. The summed E-state index contributed by atoms with van der Waals surface area (Å²) < 4.78 is 12.9. The highest BCUT2D eigenvalue weighted by Gasteiger charge is 2.15. The summed E-state index contributed by atoms with van der Waals surface area (Å²) in [7, 11) is 1.67. The summed E-state index contributed by atoms with van der Waals surface area (Å²) in [5.74, 6) is -0.783. The van der Waals surface area contributed by atoms with E-state index in [2.05, 4.69) is 4.98 Å². The van der Waals surface area contributed by atoms with Gasteiger partial charge in [-0.1, -0.05) is 13.3 Å². The maximum atomic E-state index is 12.9. The van der Waals surface area contributed by atoms with Crippen LogP contribution in [0.1, 0.15) is 30.1 Å². The predicted octanol–water partition coefficient (Wildman–Crippen LogP) is 1.68. The summed E-state index contributed by atoms with van der Waals surface area (Å²) in [5, 5.41) is 0. The Morgan fingerprint density at radius 2 is 2.31 bits per heavy atom. The fourth-order valence-corrected chi connectivity index (χ4v) is 1.32. The van der Waals surface area contributed by atoms with E-state index in [9.17, 15) is 9.18 Å². The molecule has 1 heterocycles. The minimum absolute atomic E-state index is 0.0646. The highest BCUT2D eigenvalue weighted by atomic mass is 19.1. The van der Waals surface area contributed by atoms with Crippen LogP contribution in [0.25, 0.3) is 0 Å². The van der Waals surface area contributed by atoms with Crippen molar-refractivity contribution in [3.05, 3.63) is 23.6 Å². The topological polar surface area (TPSA) is 59.2 Å². The molecule has 0 unspecified atom stereocenters. The minimum atomic E-state index is -0.554. The summed E-state index contributed by atoms with van der Waals surface area (Å²) in [4.78, 5) is 17.0. The second kappa shape index (κ2) is 5.44. The Hall–Kier alpha value is -1.65. The summed E-state index contributed by atoms with van der Waals surface area (Å²) >= 11 is 0. The number of unbranched alkanes of at least 4 members (excludes halogenated alkanes) is 1. The number of nitrogen functional groups attached to an aromatic ring is 1. The third kappa shape index (κ3) is 2.92. The molecule has 5 heteroatoms. The number of amides is 1. The van der Waals surface area contributed by atoms with Crippen LogP contribution in [-0.4, -0.2) is 29.4 Å². The molecule has 0 atom stereocenters. The molecule has 4 nitrogen and oxygen atoms in total. The van der Waals surface area contributed by atoms with Crippen LogP contribution in [0.15, 0.2) is 12.3 Å². The number of aromatic nitrogens is 1. The summed E-state index contributed by atoms with van der Waals surface area (Å²) in [6.45, 7) is 2.67. The molecule has 1 aromatic heterocycles. The Labute approximate surface area is 94.3 Å². The molecule has 0 saturated heterocycles. The first-order valence-corrected chi connectivity index (χ1v) is 5.22. The van der Waals surface area contributed by atoms with Gasteiger partial charge in [-0.15, -0.1) is 0 Å². The van der Waals surface area contributed by atoms with Crippen LogP contribution in [-0.2, 0) is 0 Å². The van der Waals surface area contributed by atoms with E-state index in [0.717, 1.165) is 25.1 Å². The van der Waals surface area contributed by atoms with Gasteiger partial charge in [-0.3, -0.25) is 4.79 Å². The van der Waals surface area contributed by atoms with E-state index in [1.165, 1.54) is 4.90 Å². The van der Waals surface area contributed by atoms with Gasteiger partial charge in [-0.25, -0.2) is 9.37 Å². The zero-order chi connectivity index (χ0) is 12.1. The maximum Gasteiger partial charge on any atom is 0.257 e. The van der Waals surface area contributed by atoms with Gasteiger partial charge in [0, 0.05) is 13.6 Å². The third-order valence-electron chi connectivity index (χ3n) is 2.31. The minimum Gasteiger partial charge on any atom is -0.383 e. The number of halogens is 1. The average molecular weight is 225 g/mol. The second-order valence-corrected chi connectivity index (χ2v) is 3.67. The van der Waals surface area contributed by atoms with E-state index in [4.69, 9.17) is 5.73 Å². The molecule has 0 aliphatic carbocycles. The maximum absolute atomic E-state index is 12.9. The number of pyridine rings is 1. The molecule has 1 amide bonds. The number of nitrogens with two attached hydrogens (primary N) is 1. The van der Waals surface area contributed by atoms with Gasteiger partial charge in [0.15, 0.2) is 0 Å². The molecular weight excluding hydrogens is 209 g/mol. The number of rotatable bonds is 4. The quantitative estimate of drug-likeness (QED) is 0.848. The molecule has 0 spiro atoms. The fourth-order valence-electron chi connectivity index (χ4n) is 1.32. The molecule has 2 N–H and O–H groups in total. The largest absolute Gasteiger partial charge is 0.383 e. The second-order valence-electron chi connectivity index (χ2n) is 3.67. The van der Waals surface area contributed by atoms with Crippen molar-refractivity contribution in [2.24, 2.45) is 0 Å². The molecule has 0 fully saturated rings. The molecule has 0 aliphatic rings. The number of nitrogens with zero attached hydrogens (tertiary/aromatic N) is 2. The normalized spacial score (nSPS) is 10.2. The van der Waals surface area contributed by atoms with Crippen LogP contribution in [0.5, 0.6) is 0 Å². The van der Waals surface area contributed by atoms with E-state index in [1.807, 2.05) is 6.92 Å². The van der Waals surface area contributed by atoms with Crippen LogP contribution in [0.2, 0.25) is 0 Å². The fraction of sp³-hybridized carbons (Fsp3) is 0.455. The molecular formula is C11H16FN3O. The van der Waals surface area contributed by atoms with Gasteiger partial charge in [0.1, 0.15) is 11.6 Å². The summed E-state index contributed by atoms with van der Waals surface area (Å²) in [5.41, 5.74) is 5.66. The monoisotopic (exact) mass is 225 g/mol. The van der Waals surface area contributed by atoms with Gasteiger partial charge in [0.25, 0.3) is 5.91 Å². The van der Waals surface area contributed by atoms with E-state index in [0.29, 0.717) is 6.54 Å². The molecule has 88 valence electrons. The van der Waals surface area contributed by atoms with Gasteiger partial charge in [0.2, 0.25) is 0 Å². The molecule has 0 bridgehead atoms. The lowest BCUT2D eigenvalue weighted by atomic mass is 10.2. The lowest BCUT2D eigenvalue weighted by molar-refractivity contribution is 0.0793. The number of carbonyl (C=O) groups is 1. The standard InChI is InChI=1S/C11H16FN3O/c1-3-4-5-15(2)11(16)9-6-8(12)7-14-10(9)13/h6-7H,3-5H2,1-2H3,(H2,13,14). The zero-order valence-electron chi connectivity index (χ0n) is 9.53. The molecule has 0 radical (unpaired) electrons. The van der Waals surface area contributed by atoms with Gasteiger partial charge >= 0.3 is 0 Å². The van der Waals surface area contributed by atoms with Crippen LogP contribution in [0, 0.1) is 5.82 Å². The van der Waals surface area contributed by atoms with Crippen molar-refractivity contribution in [3.8, 4) is 0 Å². The molecule has 0 saturated carbocycles. The summed E-state index contributed by atoms with van der Waals surface area (Å²) in [6, 6.07) is 1.12. The molecule has 0 aromatic carbocycles. The Kier molecular flexibility index (Phi) is 4.22. The molecule has 0 aliphatic heterocycles. The van der Waals surface area contributed by atoms with E-state index in [1.54, 1.807) is 7.05 Å².